The summed E-state index contributed by atoms with van der Waals surface area (Å²) < 4.78 is 0. The van der Waals surface area contributed by atoms with E-state index in [1.54, 1.807) is 0 Å². The van der Waals surface area contributed by atoms with Gasteiger partial charge in [-0.25, -0.2) is 0 Å². The summed E-state index contributed by atoms with van der Waals surface area (Å²) in [7, 11) is 0. The van der Waals surface area contributed by atoms with Crippen LogP contribution >= 0.6 is 0 Å². The van der Waals surface area contributed by atoms with Crippen molar-refractivity contribution in [1.82, 2.24) is 15.1 Å². The van der Waals surface area contributed by atoms with Crippen LogP contribution in [0.5, 0.6) is 0 Å². The molecule has 1 aliphatic carbocycles. The van der Waals surface area contributed by atoms with Crippen molar-refractivity contribution >= 4 is 11.7 Å². The second-order valence-electron chi connectivity index (χ2n) is 6.56. The molecule has 0 N–H and O–H groups in total. The third-order valence-corrected chi connectivity index (χ3v) is 4.21. The molecule has 1 saturated heterocycles. The average Bonchev–Trinajstić information content (AvgIpc) is 3.32. The predicted octanol–water partition coefficient (Wildman–Crippen LogP) is 2.05. The summed E-state index contributed by atoms with van der Waals surface area (Å²) in [5.74, 6) is 2.29. The Kier molecular flexibility index (Phi) is 4.08. The van der Waals surface area contributed by atoms with Crippen LogP contribution in [0.4, 0.5) is 5.82 Å². The topological polar surface area (TPSA) is 49.3 Å². The third-order valence-electron chi connectivity index (χ3n) is 4.21. The van der Waals surface area contributed by atoms with Gasteiger partial charge in [0, 0.05) is 38.5 Å². The van der Waals surface area contributed by atoms with Gasteiger partial charge in [0.15, 0.2) is 5.82 Å². The fourth-order valence-electron chi connectivity index (χ4n) is 2.76. The van der Waals surface area contributed by atoms with Gasteiger partial charge >= 0.3 is 0 Å². The first-order valence-electron chi connectivity index (χ1n) is 8.00. The summed E-state index contributed by atoms with van der Waals surface area (Å²) >= 11 is 0. The fourth-order valence-corrected chi connectivity index (χ4v) is 2.76. The fraction of sp³-hybridized carbons (Fsp3) is 0.688. The lowest BCUT2D eigenvalue weighted by molar-refractivity contribution is -0.132. The highest BCUT2D eigenvalue weighted by atomic mass is 16.2. The molecule has 1 aromatic rings. The molecule has 3 rings (SSSR count). The number of amides is 1. The van der Waals surface area contributed by atoms with Gasteiger partial charge in [-0.3, -0.25) is 4.79 Å². The van der Waals surface area contributed by atoms with Crippen molar-refractivity contribution < 1.29 is 4.79 Å². The van der Waals surface area contributed by atoms with Crippen LogP contribution in [0.3, 0.4) is 0 Å². The van der Waals surface area contributed by atoms with Crippen molar-refractivity contribution in [2.45, 2.75) is 39.0 Å². The molecule has 1 saturated carbocycles. The lowest BCUT2D eigenvalue weighted by Gasteiger charge is -2.35. The molecule has 0 aromatic carbocycles. The summed E-state index contributed by atoms with van der Waals surface area (Å²) in [6.45, 7) is 7.45. The zero-order chi connectivity index (χ0) is 14.8. The van der Waals surface area contributed by atoms with Crippen LogP contribution in [0.25, 0.3) is 0 Å². The summed E-state index contributed by atoms with van der Waals surface area (Å²) in [4.78, 5) is 16.3. The number of nitrogens with zero attached hydrogens (tertiary/aromatic N) is 4. The minimum atomic E-state index is 0.278. The van der Waals surface area contributed by atoms with Gasteiger partial charge in [0.05, 0.1) is 5.69 Å². The molecule has 0 bridgehead atoms. The van der Waals surface area contributed by atoms with Crippen LogP contribution in [0.15, 0.2) is 12.1 Å². The maximum atomic E-state index is 12.1. The molecule has 1 aromatic heterocycles. The summed E-state index contributed by atoms with van der Waals surface area (Å²) in [5, 5.41) is 8.69. The number of carbonyl (C=O) groups is 1. The molecule has 5 heteroatoms. The second kappa shape index (κ2) is 6.00. The van der Waals surface area contributed by atoms with Crippen molar-refractivity contribution in [3.63, 3.8) is 0 Å². The molecule has 21 heavy (non-hydrogen) atoms. The van der Waals surface area contributed by atoms with E-state index in [0.29, 0.717) is 18.3 Å². The largest absolute Gasteiger partial charge is 0.352 e. The van der Waals surface area contributed by atoms with E-state index in [0.717, 1.165) is 37.7 Å². The van der Waals surface area contributed by atoms with Crippen molar-refractivity contribution in [3.8, 4) is 0 Å². The van der Waals surface area contributed by atoms with Gasteiger partial charge in [0.2, 0.25) is 5.91 Å². The molecule has 0 unspecified atom stereocenters. The zero-order valence-electron chi connectivity index (χ0n) is 13.0. The highest BCUT2D eigenvalue weighted by Crippen LogP contribution is 2.38. The van der Waals surface area contributed by atoms with Crippen molar-refractivity contribution in [2.75, 3.05) is 31.1 Å². The number of rotatable bonds is 4. The Balaban J connectivity index is 1.54. The van der Waals surface area contributed by atoms with Gasteiger partial charge in [0.25, 0.3) is 0 Å². The van der Waals surface area contributed by atoms with Gasteiger partial charge < -0.3 is 9.80 Å². The number of hydrogen-bond donors (Lipinski definition) is 0. The van der Waals surface area contributed by atoms with E-state index in [4.69, 9.17) is 0 Å². The maximum absolute atomic E-state index is 12.1. The van der Waals surface area contributed by atoms with Crippen LogP contribution in [-0.4, -0.2) is 47.2 Å². The number of hydrogen-bond acceptors (Lipinski definition) is 4. The Morgan fingerprint density at radius 3 is 2.43 bits per heavy atom. The molecule has 0 spiro atoms. The Bertz CT molecular complexity index is 488. The van der Waals surface area contributed by atoms with Crippen LogP contribution in [0.1, 0.15) is 44.7 Å². The van der Waals surface area contributed by atoms with Gasteiger partial charge in [-0.05, 0) is 30.9 Å². The summed E-state index contributed by atoms with van der Waals surface area (Å²) in [6, 6.07) is 4.18. The minimum absolute atomic E-state index is 0.278. The zero-order valence-corrected chi connectivity index (χ0v) is 13.0. The van der Waals surface area contributed by atoms with Crippen molar-refractivity contribution in [3.05, 3.63) is 17.8 Å². The summed E-state index contributed by atoms with van der Waals surface area (Å²) in [6.07, 6.45) is 3.16. The quantitative estimate of drug-likeness (QED) is 0.851. The van der Waals surface area contributed by atoms with Gasteiger partial charge in [0.1, 0.15) is 0 Å². The lowest BCUT2D eigenvalue weighted by Crippen LogP contribution is -2.49. The molecule has 2 fully saturated rings. The monoisotopic (exact) mass is 288 g/mol. The second-order valence-corrected chi connectivity index (χ2v) is 6.56. The minimum Gasteiger partial charge on any atom is -0.352 e. The Hall–Kier alpha value is -1.65. The van der Waals surface area contributed by atoms with E-state index < -0.39 is 0 Å². The number of anilines is 1. The lowest BCUT2D eigenvalue weighted by atomic mass is 10.1. The van der Waals surface area contributed by atoms with Crippen LogP contribution in [0.2, 0.25) is 0 Å². The molecule has 2 aliphatic rings. The first-order chi connectivity index (χ1) is 10.1. The molecule has 5 nitrogen and oxygen atoms in total. The molecule has 1 amide bonds. The SMILES string of the molecule is CC(C)CC(=O)N1CCN(c2ccc(C3CC3)nn2)CC1. The van der Waals surface area contributed by atoms with E-state index in [9.17, 15) is 4.79 Å². The Morgan fingerprint density at radius 2 is 1.90 bits per heavy atom. The molecule has 0 radical (unpaired) electrons. The predicted molar refractivity (Wildman–Crippen MR) is 82.3 cm³/mol. The average molecular weight is 288 g/mol. The van der Waals surface area contributed by atoms with Gasteiger partial charge in [-0.2, -0.15) is 5.10 Å². The van der Waals surface area contributed by atoms with E-state index in [1.807, 2.05) is 4.90 Å². The van der Waals surface area contributed by atoms with Crippen LogP contribution in [0, 0.1) is 5.92 Å². The Labute approximate surface area is 126 Å². The normalized spacial score (nSPS) is 19.2. The molecule has 2 heterocycles. The Morgan fingerprint density at radius 1 is 1.19 bits per heavy atom. The first kappa shape index (κ1) is 14.3. The maximum Gasteiger partial charge on any atom is 0.222 e. The van der Waals surface area contributed by atoms with E-state index in [1.165, 1.54) is 12.8 Å². The molecule has 114 valence electrons. The highest BCUT2D eigenvalue weighted by molar-refractivity contribution is 5.76. The van der Waals surface area contributed by atoms with Crippen LogP contribution in [-0.2, 0) is 4.79 Å². The van der Waals surface area contributed by atoms with Crippen LogP contribution < -0.4 is 4.90 Å². The molecular weight excluding hydrogens is 264 g/mol. The van der Waals surface area contributed by atoms with E-state index in [-0.39, 0.29) is 5.91 Å². The highest BCUT2D eigenvalue weighted by Gasteiger charge is 2.26. The third kappa shape index (κ3) is 3.52. The summed E-state index contributed by atoms with van der Waals surface area (Å²) in [5.41, 5.74) is 1.13. The molecule has 0 atom stereocenters. The molecule has 1 aliphatic heterocycles. The number of piperazine rings is 1. The van der Waals surface area contributed by atoms with Gasteiger partial charge in [-0.1, -0.05) is 13.8 Å². The van der Waals surface area contributed by atoms with E-state index in [2.05, 4.69) is 41.1 Å². The van der Waals surface area contributed by atoms with Crippen molar-refractivity contribution in [2.24, 2.45) is 5.92 Å². The number of carbonyl (C=O) groups excluding carboxylic acids is 1. The van der Waals surface area contributed by atoms with Crippen molar-refractivity contribution in [1.29, 1.82) is 0 Å². The standard InChI is InChI=1S/C16H24N4O/c1-12(2)11-16(21)20-9-7-19(8-10-20)15-6-5-14(17-18-15)13-3-4-13/h5-6,12-13H,3-4,7-11H2,1-2H3. The van der Waals surface area contributed by atoms with Gasteiger partial charge in [-0.15, -0.1) is 5.10 Å². The molecular formula is C16H24N4O. The van der Waals surface area contributed by atoms with E-state index >= 15 is 0 Å². The smallest absolute Gasteiger partial charge is 0.222 e. The number of aromatic nitrogens is 2. The first-order valence-corrected chi connectivity index (χ1v) is 8.00.